The summed E-state index contributed by atoms with van der Waals surface area (Å²) in [4.78, 5) is 2.31. The Hall–Kier alpha value is -2.54. The molecular formula is C28H34N2O3. The van der Waals surface area contributed by atoms with Crippen LogP contribution in [0.3, 0.4) is 0 Å². The van der Waals surface area contributed by atoms with Gasteiger partial charge in [-0.05, 0) is 29.3 Å². The number of nitrogens with zero attached hydrogens (tertiary/aromatic N) is 1. The van der Waals surface area contributed by atoms with E-state index in [1.54, 1.807) is 0 Å². The van der Waals surface area contributed by atoms with Gasteiger partial charge in [0, 0.05) is 31.1 Å². The molecule has 4 rings (SSSR count). The van der Waals surface area contributed by atoms with Gasteiger partial charge in [-0.25, -0.2) is 0 Å². The number of hydrogen-bond donors (Lipinski definition) is 2. The second-order valence-electron chi connectivity index (χ2n) is 8.95. The molecule has 1 aliphatic rings. The van der Waals surface area contributed by atoms with E-state index in [1.165, 1.54) is 5.56 Å². The van der Waals surface area contributed by atoms with E-state index < -0.39 is 6.29 Å². The average Bonchev–Trinajstić information content (AvgIpc) is 2.86. The highest BCUT2D eigenvalue weighted by Crippen LogP contribution is 2.41. The van der Waals surface area contributed by atoms with Gasteiger partial charge in [-0.15, -0.1) is 0 Å². The first-order chi connectivity index (χ1) is 16.1. The Balaban J connectivity index is 1.56. The molecule has 5 heteroatoms. The van der Waals surface area contributed by atoms with Crippen molar-refractivity contribution in [2.24, 2.45) is 11.7 Å². The second kappa shape index (κ2) is 11.1. The fourth-order valence-corrected chi connectivity index (χ4v) is 4.41. The molecule has 5 nitrogen and oxygen atoms in total. The number of likely N-dealkylation sites (N-methyl/N-ethyl adjacent to an activating group) is 1. The molecule has 1 fully saturated rings. The van der Waals surface area contributed by atoms with Crippen molar-refractivity contribution < 1.29 is 14.6 Å². The van der Waals surface area contributed by atoms with Crippen LogP contribution in [-0.2, 0) is 29.2 Å². The summed E-state index contributed by atoms with van der Waals surface area (Å²) in [6, 6.07) is 26.7. The molecule has 0 spiro atoms. The summed E-state index contributed by atoms with van der Waals surface area (Å²) in [6.07, 6.45) is -0.569. The van der Waals surface area contributed by atoms with Gasteiger partial charge in [-0.2, -0.15) is 0 Å². The summed E-state index contributed by atoms with van der Waals surface area (Å²) in [5.41, 5.74) is 11.1. The maximum atomic E-state index is 9.42. The monoisotopic (exact) mass is 446 g/mol. The quantitative estimate of drug-likeness (QED) is 0.531. The van der Waals surface area contributed by atoms with Crippen LogP contribution in [0.2, 0.25) is 0 Å². The first-order valence-electron chi connectivity index (χ1n) is 11.6. The van der Waals surface area contributed by atoms with Crippen molar-refractivity contribution in [2.75, 3.05) is 13.6 Å². The second-order valence-corrected chi connectivity index (χ2v) is 8.95. The summed E-state index contributed by atoms with van der Waals surface area (Å²) in [6.45, 7) is 4.39. The summed E-state index contributed by atoms with van der Waals surface area (Å²) >= 11 is 0. The third kappa shape index (κ3) is 5.88. The summed E-state index contributed by atoms with van der Waals surface area (Å²) < 4.78 is 13.0. The maximum absolute atomic E-state index is 9.42. The van der Waals surface area contributed by atoms with Crippen molar-refractivity contribution in [2.45, 2.75) is 45.1 Å². The normalized spacial score (nSPS) is 23.1. The Morgan fingerprint density at radius 3 is 2.09 bits per heavy atom. The van der Waals surface area contributed by atoms with E-state index >= 15 is 0 Å². The van der Waals surface area contributed by atoms with Crippen molar-refractivity contribution in [3.63, 3.8) is 0 Å². The van der Waals surface area contributed by atoms with Crippen LogP contribution in [0.15, 0.2) is 78.9 Å². The van der Waals surface area contributed by atoms with Gasteiger partial charge in [0.1, 0.15) is 0 Å². The number of rotatable bonds is 8. The van der Waals surface area contributed by atoms with Crippen molar-refractivity contribution >= 4 is 0 Å². The molecule has 1 aliphatic heterocycles. The van der Waals surface area contributed by atoms with Crippen LogP contribution < -0.4 is 5.73 Å². The predicted octanol–water partition coefficient (Wildman–Crippen LogP) is 4.56. The average molecular weight is 447 g/mol. The number of nitrogens with two attached hydrogens (primary N) is 1. The smallest absolute Gasteiger partial charge is 0.184 e. The topological polar surface area (TPSA) is 68.0 Å². The first-order valence-corrected chi connectivity index (χ1v) is 11.6. The number of aliphatic hydroxyl groups is 1. The van der Waals surface area contributed by atoms with Crippen LogP contribution in [0.4, 0.5) is 0 Å². The minimum Gasteiger partial charge on any atom is -0.392 e. The Kier molecular flexibility index (Phi) is 7.91. The number of ether oxygens (including phenoxy) is 2. The molecular weight excluding hydrogens is 412 g/mol. The standard InChI is InChI=1S/C28H34N2O3/c1-20-26(18-30(2)17-22-6-4-3-5-7-22)32-28(25-14-8-21(16-29)9-15-25)33-27(20)24-12-10-23(19-31)11-13-24/h3-15,20,26-28,31H,16-19,29H2,1-2H3/t20-,26+,27+,28+/m0/s1. The number of hydrogen-bond acceptors (Lipinski definition) is 5. The number of benzene rings is 3. The third-order valence-corrected chi connectivity index (χ3v) is 6.40. The molecule has 3 aromatic carbocycles. The third-order valence-electron chi connectivity index (χ3n) is 6.40. The fourth-order valence-electron chi connectivity index (χ4n) is 4.41. The first kappa shape index (κ1) is 23.6. The van der Waals surface area contributed by atoms with Gasteiger partial charge in [0.05, 0.1) is 18.8 Å². The van der Waals surface area contributed by atoms with Crippen LogP contribution >= 0.6 is 0 Å². The van der Waals surface area contributed by atoms with Crippen LogP contribution in [0.1, 0.15) is 47.1 Å². The van der Waals surface area contributed by atoms with Gasteiger partial charge in [0.15, 0.2) is 6.29 Å². The molecule has 0 radical (unpaired) electrons. The van der Waals surface area contributed by atoms with E-state index in [0.717, 1.165) is 35.3 Å². The van der Waals surface area contributed by atoms with Gasteiger partial charge in [0.25, 0.3) is 0 Å². The van der Waals surface area contributed by atoms with Crippen LogP contribution in [0.5, 0.6) is 0 Å². The van der Waals surface area contributed by atoms with E-state index in [4.69, 9.17) is 15.2 Å². The van der Waals surface area contributed by atoms with Crippen LogP contribution in [-0.4, -0.2) is 29.7 Å². The van der Waals surface area contributed by atoms with E-state index in [9.17, 15) is 5.11 Å². The Labute approximate surface area is 196 Å². The predicted molar refractivity (Wildman–Crippen MR) is 130 cm³/mol. The zero-order chi connectivity index (χ0) is 23.2. The van der Waals surface area contributed by atoms with E-state index in [1.807, 2.05) is 42.5 Å². The molecule has 33 heavy (non-hydrogen) atoms. The summed E-state index contributed by atoms with van der Waals surface area (Å²) in [7, 11) is 2.13. The summed E-state index contributed by atoms with van der Waals surface area (Å²) in [5.74, 6) is 0.155. The lowest BCUT2D eigenvalue weighted by molar-refractivity contribution is -0.276. The fraction of sp³-hybridized carbons (Fsp3) is 0.357. The highest BCUT2D eigenvalue weighted by atomic mass is 16.7. The van der Waals surface area contributed by atoms with Crippen LogP contribution in [0.25, 0.3) is 0 Å². The zero-order valence-corrected chi connectivity index (χ0v) is 19.4. The van der Waals surface area contributed by atoms with Crippen LogP contribution in [0, 0.1) is 5.92 Å². The molecule has 0 amide bonds. The van der Waals surface area contributed by atoms with Crippen molar-refractivity contribution in [3.05, 3.63) is 107 Å². The zero-order valence-electron chi connectivity index (χ0n) is 19.4. The van der Waals surface area contributed by atoms with E-state index in [2.05, 4.69) is 55.3 Å². The largest absolute Gasteiger partial charge is 0.392 e. The number of aliphatic hydroxyl groups excluding tert-OH is 1. The Bertz CT molecular complexity index is 992. The molecule has 0 aliphatic carbocycles. The SMILES string of the molecule is C[C@H]1[C@@H](CN(C)Cc2ccccc2)O[C@@H](c2ccc(CN)cc2)O[C@H]1c1ccc(CO)cc1. The van der Waals surface area contributed by atoms with E-state index in [-0.39, 0.29) is 24.7 Å². The minimum atomic E-state index is -0.453. The van der Waals surface area contributed by atoms with Gasteiger partial charge >= 0.3 is 0 Å². The lowest BCUT2D eigenvalue weighted by Gasteiger charge is -2.42. The molecule has 4 atom stereocenters. The highest BCUT2D eigenvalue weighted by molar-refractivity contribution is 5.27. The van der Waals surface area contributed by atoms with Gasteiger partial charge in [0.2, 0.25) is 0 Å². The van der Waals surface area contributed by atoms with Gasteiger partial charge < -0.3 is 20.3 Å². The lowest BCUT2D eigenvalue weighted by Crippen LogP contribution is -2.43. The molecule has 3 aromatic rings. The molecule has 0 saturated carbocycles. The molecule has 0 bridgehead atoms. The van der Waals surface area contributed by atoms with Crippen molar-refractivity contribution in [1.29, 1.82) is 0 Å². The Morgan fingerprint density at radius 2 is 1.45 bits per heavy atom. The van der Waals surface area contributed by atoms with Crippen molar-refractivity contribution in [3.8, 4) is 0 Å². The molecule has 1 saturated heterocycles. The highest BCUT2D eigenvalue weighted by Gasteiger charge is 2.38. The lowest BCUT2D eigenvalue weighted by atomic mass is 9.90. The van der Waals surface area contributed by atoms with Gasteiger partial charge in [-0.3, -0.25) is 4.90 Å². The molecule has 174 valence electrons. The van der Waals surface area contributed by atoms with E-state index in [0.29, 0.717) is 6.54 Å². The molecule has 0 unspecified atom stereocenters. The molecule has 1 heterocycles. The summed E-state index contributed by atoms with van der Waals surface area (Å²) in [5, 5.41) is 9.42. The van der Waals surface area contributed by atoms with Gasteiger partial charge in [-0.1, -0.05) is 85.8 Å². The molecule has 0 aromatic heterocycles. The maximum Gasteiger partial charge on any atom is 0.184 e. The molecule has 3 N–H and O–H groups in total. The Morgan fingerprint density at radius 1 is 0.818 bits per heavy atom. The minimum absolute atomic E-state index is 0.00540. The van der Waals surface area contributed by atoms with Crippen molar-refractivity contribution in [1.82, 2.24) is 4.90 Å².